The van der Waals surface area contributed by atoms with Crippen molar-refractivity contribution in [2.24, 2.45) is 0 Å². The molecule has 19 heavy (non-hydrogen) atoms. The molecule has 0 aliphatic carbocycles. The number of nitrogens with one attached hydrogen (secondary N) is 1. The smallest absolute Gasteiger partial charge is 0.114 e. The van der Waals surface area contributed by atoms with E-state index in [1.807, 2.05) is 11.3 Å². The molecule has 0 radical (unpaired) electrons. The van der Waals surface area contributed by atoms with Crippen molar-refractivity contribution in [3.63, 3.8) is 0 Å². The van der Waals surface area contributed by atoms with Gasteiger partial charge in [-0.05, 0) is 43.0 Å². The lowest BCUT2D eigenvalue weighted by atomic mass is 10.1. The zero-order valence-corrected chi connectivity index (χ0v) is 12.0. The van der Waals surface area contributed by atoms with Crippen molar-refractivity contribution in [1.82, 2.24) is 5.32 Å². The third-order valence-corrected chi connectivity index (χ3v) is 4.57. The molecule has 1 aromatic carbocycles. The maximum Gasteiger partial charge on any atom is 0.114 e. The summed E-state index contributed by atoms with van der Waals surface area (Å²) in [5.74, 6) is 1.10. The summed E-state index contributed by atoms with van der Waals surface area (Å²) in [6.07, 6.45) is 4.50. The molecular formula is C16H19NOS. The van der Waals surface area contributed by atoms with Crippen molar-refractivity contribution < 1.29 is 4.74 Å². The molecule has 1 aliphatic heterocycles. The molecule has 1 aliphatic rings. The zero-order valence-electron chi connectivity index (χ0n) is 11.2. The van der Waals surface area contributed by atoms with Crippen molar-refractivity contribution in [3.05, 3.63) is 47.0 Å². The molecule has 1 unspecified atom stereocenters. The molecule has 100 valence electrons. The van der Waals surface area contributed by atoms with E-state index in [1.165, 1.54) is 15.0 Å². The number of likely N-dealkylation sites (N-methyl/N-ethyl adjacent to an activating group) is 1. The van der Waals surface area contributed by atoms with Gasteiger partial charge in [-0.15, -0.1) is 11.3 Å². The molecule has 0 spiro atoms. The number of ether oxygens (including phenoxy) is 1. The van der Waals surface area contributed by atoms with Gasteiger partial charge < -0.3 is 10.1 Å². The molecule has 2 nitrogen and oxygen atoms in total. The quantitative estimate of drug-likeness (QED) is 0.899. The van der Waals surface area contributed by atoms with Crippen molar-refractivity contribution in [2.45, 2.75) is 25.8 Å². The summed E-state index contributed by atoms with van der Waals surface area (Å²) >= 11 is 1.86. The van der Waals surface area contributed by atoms with Gasteiger partial charge in [0, 0.05) is 9.58 Å². The van der Waals surface area contributed by atoms with E-state index in [4.69, 9.17) is 4.74 Å². The van der Waals surface area contributed by atoms with Gasteiger partial charge in [0.25, 0.3) is 0 Å². The summed E-state index contributed by atoms with van der Waals surface area (Å²) in [6, 6.07) is 11.0. The van der Waals surface area contributed by atoms with E-state index < -0.39 is 0 Å². The molecule has 0 saturated carbocycles. The number of benzene rings is 1. The van der Waals surface area contributed by atoms with Gasteiger partial charge in [-0.1, -0.05) is 25.1 Å². The van der Waals surface area contributed by atoms with Crippen LogP contribution >= 0.6 is 11.3 Å². The number of allylic oxidation sites excluding steroid dienone is 1. The van der Waals surface area contributed by atoms with Crippen LogP contribution in [0.4, 0.5) is 0 Å². The summed E-state index contributed by atoms with van der Waals surface area (Å²) in [4.78, 5) is 1.34. The van der Waals surface area contributed by atoms with E-state index in [9.17, 15) is 0 Å². The largest absolute Gasteiger partial charge is 0.496 e. The number of rotatable bonds is 4. The Morgan fingerprint density at radius 3 is 3.00 bits per heavy atom. The molecule has 0 saturated heterocycles. The van der Waals surface area contributed by atoms with Gasteiger partial charge in [0.15, 0.2) is 0 Å². The lowest BCUT2D eigenvalue weighted by molar-refractivity contribution is 0.169. The topological polar surface area (TPSA) is 21.3 Å². The van der Waals surface area contributed by atoms with Gasteiger partial charge >= 0.3 is 0 Å². The summed E-state index contributed by atoms with van der Waals surface area (Å²) in [7, 11) is 0. The van der Waals surface area contributed by atoms with Crippen LogP contribution in [-0.4, -0.2) is 13.2 Å². The molecule has 0 fully saturated rings. The van der Waals surface area contributed by atoms with Gasteiger partial charge in [-0.2, -0.15) is 0 Å². The van der Waals surface area contributed by atoms with E-state index in [-0.39, 0.29) is 6.04 Å². The van der Waals surface area contributed by atoms with Crippen LogP contribution in [0, 0.1) is 0 Å². The van der Waals surface area contributed by atoms with E-state index >= 15 is 0 Å². The maximum atomic E-state index is 5.85. The van der Waals surface area contributed by atoms with E-state index in [2.05, 4.69) is 48.6 Å². The van der Waals surface area contributed by atoms with E-state index in [0.29, 0.717) is 0 Å². The van der Waals surface area contributed by atoms with Crippen LogP contribution in [0.2, 0.25) is 0 Å². The lowest BCUT2D eigenvalue weighted by Crippen LogP contribution is -2.24. The third kappa shape index (κ3) is 2.67. The minimum Gasteiger partial charge on any atom is -0.496 e. The Labute approximate surface area is 118 Å². The van der Waals surface area contributed by atoms with Gasteiger partial charge in [-0.3, -0.25) is 0 Å². The fourth-order valence-corrected chi connectivity index (χ4v) is 3.62. The Balaban J connectivity index is 1.96. The maximum absolute atomic E-state index is 5.85. The first-order valence-corrected chi connectivity index (χ1v) is 7.75. The number of hydrogen-bond donors (Lipinski definition) is 1. The highest BCUT2D eigenvalue weighted by Crippen LogP contribution is 2.34. The predicted octanol–water partition coefficient (Wildman–Crippen LogP) is 4.25. The normalized spacial score (nSPS) is 17.0. The van der Waals surface area contributed by atoms with Crippen LogP contribution in [0.15, 0.2) is 42.2 Å². The van der Waals surface area contributed by atoms with Crippen molar-refractivity contribution in [3.8, 4) is 0 Å². The van der Waals surface area contributed by atoms with Crippen molar-refractivity contribution >= 4 is 21.4 Å². The van der Waals surface area contributed by atoms with Gasteiger partial charge in [0.2, 0.25) is 0 Å². The molecule has 1 N–H and O–H groups in total. The van der Waals surface area contributed by atoms with Crippen LogP contribution in [0.3, 0.4) is 0 Å². The molecule has 1 atom stereocenters. The highest BCUT2D eigenvalue weighted by atomic mass is 32.1. The number of thiophene rings is 1. The molecule has 1 aromatic heterocycles. The molecule has 3 heteroatoms. The van der Waals surface area contributed by atoms with Crippen LogP contribution in [-0.2, 0) is 4.74 Å². The first-order valence-electron chi connectivity index (χ1n) is 6.93. The van der Waals surface area contributed by atoms with Crippen molar-refractivity contribution in [2.75, 3.05) is 13.2 Å². The Hall–Kier alpha value is -1.32. The molecule has 2 heterocycles. The second-order valence-electron chi connectivity index (χ2n) is 4.77. The predicted molar refractivity (Wildman–Crippen MR) is 81.5 cm³/mol. The highest BCUT2D eigenvalue weighted by Gasteiger charge is 2.21. The van der Waals surface area contributed by atoms with Gasteiger partial charge in [0.05, 0.1) is 12.6 Å². The Kier molecular flexibility index (Phi) is 3.85. The third-order valence-electron chi connectivity index (χ3n) is 3.38. The average Bonchev–Trinajstić information content (AvgIpc) is 2.89. The highest BCUT2D eigenvalue weighted by molar-refractivity contribution is 7.19. The van der Waals surface area contributed by atoms with Crippen LogP contribution in [0.25, 0.3) is 10.1 Å². The summed E-state index contributed by atoms with van der Waals surface area (Å²) < 4.78 is 7.19. The molecule has 3 rings (SSSR count). The molecule has 2 aromatic rings. The minimum atomic E-state index is 0.211. The monoisotopic (exact) mass is 273 g/mol. The Morgan fingerprint density at radius 1 is 1.37 bits per heavy atom. The average molecular weight is 273 g/mol. The molecular weight excluding hydrogens is 254 g/mol. The Morgan fingerprint density at radius 2 is 2.26 bits per heavy atom. The second-order valence-corrected chi connectivity index (χ2v) is 5.89. The summed E-state index contributed by atoms with van der Waals surface area (Å²) in [6.45, 7) is 3.93. The summed E-state index contributed by atoms with van der Waals surface area (Å²) in [5.41, 5.74) is 0. The summed E-state index contributed by atoms with van der Waals surface area (Å²) in [5, 5.41) is 4.87. The fraction of sp³-hybridized carbons (Fsp3) is 0.375. The number of hydrogen-bond acceptors (Lipinski definition) is 3. The van der Waals surface area contributed by atoms with Crippen molar-refractivity contribution in [1.29, 1.82) is 0 Å². The van der Waals surface area contributed by atoms with E-state index in [0.717, 1.165) is 31.8 Å². The van der Waals surface area contributed by atoms with Crippen LogP contribution < -0.4 is 5.32 Å². The first-order chi connectivity index (χ1) is 9.38. The number of fused-ring (bicyclic) bond motifs is 1. The molecule has 0 bridgehead atoms. The van der Waals surface area contributed by atoms with Crippen LogP contribution in [0.1, 0.15) is 30.7 Å². The zero-order chi connectivity index (χ0) is 13.1. The minimum absolute atomic E-state index is 0.211. The van der Waals surface area contributed by atoms with E-state index in [1.54, 1.807) is 0 Å². The second kappa shape index (κ2) is 5.76. The molecule has 0 amide bonds. The van der Waals surface area contributed by atoms with Crippen LogP contribution in [0.5, 0.6) is 0 Å². The first kappa shape index (κ1) is 12.7. The Bertz CT molecular complexity index is 554. The van der Waals surface area contributed by atoms with Gasteiger partial charge in [0.1, 0.15) is 5.76 Å². The standard InChI is InChI=1S/C16H19NOS/c1-2-17-16(13-8-5-6-10-18-13)15-11-12-7-3-4-9-14(12)19-15/h3-4,7-9,11,16-17H,2,5-6,10H2,1H3. The van der Waals surface area contributed by atoms with Gasteiger partial charge in [-0.25, -0.2) is 0 Å². The fourth-order valence-electron chi connectivity index (χ4n) is 2.47. The lowest BCUT2D eigenvalue weighted by Gasteiger charge is -2.23. The SMILES string of the molecule is CCNC(C1=CCCCO1)c1cc2ccccc2s1.